The van der Waals surface area contributed by atoms with E-state index < -0.39 is 5.97 Å². The Balaban J connectivity index is 1.90. The van der Waals surface area contributed by atoms with Crippen LogP contribution in [0.25, 0.3) is 22.2 Å². The summed E-state index contributed by atoms with van der Waals surface area (Å²) in [5, 5.41) is 5.15. The summed E-state index contributed by atoms with van der Waals surface area (Å²) >= 11 is 6.29. The summed E-state index contributed by atoms with van der Waals surface area (Å²) < 4.78 is 15.5. The molecule has 0 atom stereocenters. The van der Waals surface area contributed by atoms with Crippen LogP contribution in [0.1, 0.15) is 6.92 Å². The second-order valence-corrected chi connectivity index (χ2v) is 5.12. The molecule has 0 unspecified atom stereocenters. The highest BCUT2D eigenvalue weighted by Crippen LogP contribution is 2.37. The molecular weight excluding hydrogens is 318 g/mol. The van der Waals surface area contributed by atoms with Crippen molar-refractivity contribution in [3.05, 3.63) is 47.5 Å². The van der Waals surface area contributed by atoms with E-state index >= 15 is 0 Å². The van der Waals surface area contributed by atoms with Gasteiger partial charge in [-0.15, -0.1) is 0 Å². The number of rotatable bonds is 5. The van der Waals surface area contributed by atoms with Crippen LogP contribution in [0.4, 0.5) is 0 Å². The summed E-state index contributed by atoms with van der Waals surface area (Å²) in [7, 11) is 0. The van der Waals surface area contributed by atoms with Gasteiger partial charge in [-0.05, 0) is 19.1 Å². The highest BCUT2D eigenvalue weighted by atomic mass is 35.5. The molecule has 2 aromatic carbocycles. The third-order valence-electron chi connectivity index (χ3n) is 3.24. The van der Waals surface area contributed by atoms with E-state index in [1.165, 1.54) is 0 Å². The van der Waals surface area contributed by atoms with Crippen molar-refractivity contribution in [2.45, 2.75) is 6.92 Å². The normalized spacial score (nSPS) is 10.7. The first-order valence-corrected chi connectivity index (χ1v) is 7.50. The van der Waals surface area contributed by atoms with Crippen LogP contribution in [0.3, 0.4) is 0 Å². The van der Waals surface area contributed by atoms with Gasteiger partial charge in [0.1, 0.15) is 16.5 Å². The Morgan fingerprint density at radius 2 is 2.00 bits per heavy atom. The molecule has 6 heteroatoms. The number of aromatic nitrogens is 1. The fourth-order valence-corrected chi connectivity index (χ4v) is 2.46. The number of hydrogen-bond donors (Lipinski definition) is 0. The summed E-state index contributed by atoms with van der Waals surface area (Å²) in [5.41, 5.74) is 2.06. The molecule has 3 aromatic rings. The Kier molecular flexibility index (Phi) is 4.48. The molecule has 23 heavy (non-hydrogen) atoms. The van der Waals surface area contributed by atoms with E-state index in [9.17, 15) is 4.79 Å². The average molecular weight is 332 g/mol. The summed E-state index contributed by atoms with van der Waals surface area (Å²) in [6.45, 7) is 1.83. The molecular formula is C17H14ClNO4. The Morgan fingerprint density at radius 3 is 2.74 bits per heavy atom. The fourth-order valence-electron chi connectivity index (χ4n) is 2.21. The van der Waals surface area contributed by atoms with E-state index in [0.29, 0.717) is 23.6 Å². The van der Waals surface area contributed by atoms with Gasteiger partial charge in [0.2, 0.25) is 0 Å². The Bertz CT molecular complexity index is 829. The average Bonchev–Trinajstić information content (AvgIpc) is 3.00. The van der Waals surface area contributed by atoms with Crippen LogP contribution in [0.2, 0.25) is 5.02 Å². The molecule has 0 aliphatic rings. The molecule has 3 rings (SSSR count). The van der Waals surface area contributed by atoms with E-state index in [1.54, 1.807) is 19.1 Å². The number of esters is 1. The molecule has 5 nitrogen and oxygen atoms in total. The van der Waals surface area contributed by atoms with Gasteiger partial charge >= 0.3 is 5.97 Å². The van der Waals surface area contributed by atoms with Gasteiger partial charge in [-0.25, -0.2) is 4.79 Å². The SMILES string of the molecule is CCOC(=O)COc1ccc2c(-c3ccccc3)noc2c1Cl. The van der Waals surface area contributed by atoms with Crippen molar-refractivity contribution in [1.82, 2.24) is 5.16 Å². The van der Waals surface area contributed by atoms with Crippen molar-refractivity contribution in [3.8, 4) is 17.0 Å². The molecule has 0 spiro atoms. The lowest BCUT2D eigenvalue weighted by molar-refractivity contribution is -0.145. The number of benzene rings is 2. The minimum atomic E-state index is -0.453. The molecule has 0 radical (unpaired) electrons. The summed E-state index contributed by atoms with van der Waals surface area (Å²) in [4.78, 5) is 11.4. The van der Waals surface area contributed by atoms with E-state index in [0.717, 1.165) is 10.9 Å². The Hall–Kier alpha value is -2.53. The standard InChI is InChI=1S/C17H14ClNO4/c1-2-21-14(20)10-22-13-9-8-12-16(11-6-4-3-5-7-11)19-23-17(12)15(13)18/h3-9H,2,10H2,1H3. The predicted octanol–water partition coefficient (Wildman–Crippen LogP) is 4.09. The third kappa shape index (κ3) is 3.14. The molecule has 1 aromatic heterocycles. The molecule has 0 saturated heterocycles. The monoisotopic (exact) mass is 331 g/mol. The number of fused-ring (bicyclic) bond motifs is 1. The maximum Gasteiger partial charge on any atom is 0.344 e. The van der Waals surface area contributed by atoms with Gasteiger partial charge in [0.05, 0.1) is 12.0 Å². The molecule has 0 N–H and O–H groups in total. The Labute approximate surface area is 137 Å². The van der Waals surface area contributed by atoms with Crippen molar-refractivity contribution in [2.24, 2.45) is 0 Å². The van der Waals surface area contributed by atoms with Gasteiger partial charge < -0.3 is 14.0 Å². The largest absolute Gasteiger partial charge is 0.480 e. The number of carbonyl (C=O) groups is 1. The zero-order valence-electron chi connectivity index (χ0n) is 12.4. The lowest BCUT2D eigenvalue weighted by Gasteiger charge is -2.07. The Morgan fingerprint density at radius 1 is 1.22 bits per heavy atom. The number of carbonyl (C=O) groups excluding carboxylic acids is 1. The smallest absolute Gasteiger partial charge is 0.344 e. The maximum atomic E-state index is 11.4. The molecule has 0 bridgehead atoms. The van der Waals surface area contributed by atoms with E-state index in [4.69, 9.17) is 25.6 Å². The lowest BCUT2D eigenvalue weighted by atomic mass is 10.1. The number of hydrogen-bond acceptors (Lipinski definition) is 5. The first-order chi connectivity index (χ1) is 11.2. The number of nitrogens with zero attached hydrogens (tertiary/aromatic N) is 1. The van der Waals surface area contributed by atoms with Gasteiger partial charge in [0, 0.05) is 5.56 Å². The van der Waals surface area contributed by atoms with Crippen LogP contribution in [-0.4, -0.2) is 24.3 Å². The number of halogens is 1. The maximum absolute atomic E-state index is 11.4. The van der Waals surface area contributed by atoms with Crippen molar-refractivity contribution in [3.63, 3.8) is 0 Å². The fraction of sp³-hybridized carbons (Fsp3) is 0.176. The van der Waals surface area contributed by atoms with Gasteiger partial charge in [0.25, 0.3) is 0 Å². The topological polar surface area (TPSA) is 61.6 Å². The second kappa shape index (κ2) is 6.71. The summed E-state index contributed by atoms with van der Waals surface area (Å²) in [6.07, 6.45) is 0. The first-order valence-electron chi connectivity index (χ1n) is 7.12. The minimum absolute atomic E-state index is 0.210. The van der Waals surface area contributed by atoms with E-state index in [1.807, 2.05) is 30.3 Å². The van der Waals surface area contributed by atoms with Gasteiger partial charge in [-0.3, -0.25) is 0 Å². The highest BCUT2D eigenvalue weighted by molar-refractivity contribution is 6.36. The van der Waals surface area contributed by atoms with Crippen LogP contribution < -0.4 is 4.74 Å². The van der Waals surface area contributed by atoms with E-state index in [-0.39, 0.29) is 11.6 Å². The molecule has 118 valence electrons. The molecule has 0 aliphatic heterocycles. The van der Waals surface area contributed by atoms with Gasteiger partial charge in [-0.1, -0.05) is 47.1 Å². The second-order valence-electron chi connectivity index (χ2n) is 4.75. The van der Waals surface area contributed by atoms with Crippen molar-refractivity contribution < 1.29 is 18.8 Å². The first kappa shape index (κ1) is 15.4. The highest BCUT2D eigenvalue weighted by Gasteiger charge is 2.17. The zero-order valence-corrected chi connectivity index (χ0v) is 13.2. The van der Waals surface area contributed by atoms with Crippen molar-refractivity contribution >= 4 is 28.5 Å². The molecule has 0 amide bonds. The van der Waals surface area contributed by atoms with Gasteiger partial charge in [-0.2, -0.15) is 0 Å². The van der Waals surface area contributed by atoms with Crippen LogP contribution in [-0.2, 0) is 9.53 Å². The van der Waals surface area contributed by atoms with Gasteiger partial charge in [0.15, 0.2) is 12.2 Å². The van der Waals surface area contributed by atoms with Crippen LogP contribution in [0.15, 0.2) is 47.0 Å². The van der Waals surface area contributed by atoms with E-state index in [2.05, 4.69) is 5.16 Å². The zero-order chi connectivity index (χ0) is 16.2. The van der Waals surface area contributed by atoms with Crippen LogP contribution in [0, 0.1) is 0 Å². The molecule has 0 aliphatic carbocycles. The lowest BCUT2D eigenvalue weighted by Crippen LogP contribution is -2.14. The summed E-state index contributed by atoms with van der Waals surface area (Å²) in [6, 6.07) is 13.2. The quantitative estimate of drug-likeness (QED) is 0.659. The van der Waals surface area contributed by atoms with Crippen molar-refractivity contribution in [2.75, 3.05) is 13.2 Å². The molecule has 0 fully saturated rings. The van der Waals surface area contributed by atoms with Crippen molar-refractivity contribution in [1.29, 1.82) is 0 Å². The predicted molar refractivity (Wildman–Crippen MR) is 86.6 cm³/mol. The number of ether oxygens (including phenoxy) is 2. The minimum Gasteiger partial charge on any atom is -0.480 e. The van der Waals surface area contributed by atoms with Crippen LogP contribution in [0.5, 0.6) is 5.75 Å². The van der Waals surface area contributed by atoms with Crippen LogP contribution >= 0.6 is 11.6 Å². The molecule has 0 saturated carbocycles. The summed E-state index contributed by atoms with van der Waals surface area (Å²) in [5.74, 6) is -0.103. The third-order valence-corrected chi connectivity index (χ3v) is 3.60. The molecule has 1 heterocycles.